The predicted octanol–water partition coefficient (Wildman–Crippen LogP) is 0.272. The Hall–Kier alpha value is -0.880. The maximum Gasteiger partial charge on any atom is 0.150 e. The van der Waals surface area contributed by atoms with Gasteiger partial charge in [0.2, 0.25) is 0 Å². The average molecular weight is 269 g/mol. The molecule has 5 nitrogen and oxygen atoms in total. The van der Waals surface area contributed by atoms with Crippen molar-refractivity contribution in [1.29, 1.82) is 0 Å². The van der Waals surface area contributed by atoms with Crippen LogP contribution in [0.5, 0.6) is 0 Å². The number of imidazole rings is 1. The third kappa shape index (κ3) is 2.19. The number of fused-ring (bicyclic) bond motifs is 1. The summed E-state index contributed by atoms with van der Waals surface area (Å²) in [5, 5.41) is 3.32. The first-order valence-electron chi connectivity index (χ1n) is 6.51. The number of hydrogen-bond acceptors (Lipinski definition) is 4. The SMILES string of the molecule is Cc1nc2c(n1CC1CCS(=O)(=O)C1)CCNC2. The second-order valence-corrected chi connectivity index (χ2v) is 7.59. The quantitative estimate of drug-likeness (QED) is 0.837. The average Bonchev–Trinajstić information content (AvgIpc) is 2.81. The van der Waals surface area contributed by atoms with Gasteiger partial charge in [-0.15, -0.1) is 0 Å². The third-order valence-corrected chi connectivity index (χ3v) is 5.78. The van der Waals surface area contributed by atoms with Gasteiger partial charge in [-0.3, -0.25) is 0 Å². The molecule has 1 aromatic heterocycles. The molecule has 100 valence electrons. The van der Waals surface area contributed by atoms with Crippen molar-refractivity contribution in [2.45, 2.75) is 32.9 Å². The molecule has 18 heavy (non-hydrogen) atoms. The van der Waals surface area contributed by atoms with Crippen LogP contribution in [0, 0.1) is 12.8 Å². The molecule has 3 rings (SSSR count). The van der Waals surface area contributed by atoms with Crippen LogP contribution in [0.2, 0.25) is 0 Å². The summed E-state index contributed by atoms with van der Waals surface area (Å²) in [7, 11) is -2.78. The number of nitrogens with zero attached hydrogens (tertiary/aromatic N) is 2. The number of nitrogens with one attached hydrogen (secondary N) is 1. The lowest BCUT2D eigenvalue weighted by atomic mass is 10.1. The van der Waals surface area contributed by atoms with E-state index in [0.717, 1.165) is 44.0 Å². The van der Waals surface area contributed by atoms with Gasteiger partial charge in [-0.05, 0) is 19.3 Å². The molecule has 0 spiro atoms. The Morgan fingerprint density at radius 1 is 1.50 bits per heavy atom. The van der Waals surface area contributed by atoms with Crippen LogP contribution in [-0.4, -0.2) is 36.0 Å². The van der Waals surface area contributed by atoms with Gasteiger partial charge in [0.05, 0.1) is 17.2 Å². The van der Waals surface area contributed by atoms with Gasteiger partial charge < -0.3 is 9.88 Å². The molecular weight excluding hydrogens is 250 g/mol. The molecule has 1 saturated heterocycles. The molecule has 2 aliphatic heterocycles. The maximum atomic E-state index is 11.5. The molecule has 1 aromatic rings. The summed E-state index contributed by atoms with van der Waals surface area (Å²) in [5.74, 6) is 1.99. The first kappa shape index (κ1) is 12.2. The highest BCUT2D eigenvalue weighted by molar-refractivity contribution is 7.91. The minimum atomic E-state index is -2.78. The fraction of sp³-hybridized carbons (Fsp3) is 0.750. The zero-order valence-corrected chi connectivity index (χ0v) is 11.5. The summed E-state index contributed by atoms with van der Waals surface area (Å²) in [6, 6.07) is 0. The van der Waals surface area contributed by atoms with Crippen LogP contribution in [0.3, 0.4) is 0 Å². The molecule has 1 atom stereocenters. The van der Waals surface area contributed by atoms with Crippen molar-refractivity contribution in [1.82, 2.24) is 14.9 Å². The van der Waals surface area contributed by atoms with Crippen molar-refractivity contribution in [2.24, 2.45) is 5.92 Å². The first-order valence-corrected chi connectivity index (χ1v) is 8.33. The molecule has 1 N–H and O–H groups in total. The van der Waals surface area contributed by atoms with Crippen molar-refractivity contribution < 1.29 is 8.42 Å². The van der Waals surface area contributed by atoms with E-state index < -0.39 is 9.84 Å². The van der Waals surface area contributed by atoms with Gasteiger partial charge in [0.25, 0.3) is 0 Å². The molecule has 0 amide bonds. The van der Waals surface area contributed by atoms with Crippen LogP contribution >= 0.6 is 0 Å². The van der Waals surface area contributed by atoms with E-state index in [4.69, 9.17) is 0 Å². The molecule has 3 heterocycles. The largest absolute Gasteiger partial charge is 0.332 e. The Morgan fingerprint density at radius 3 is 3.06 bits per heavy atom. The Kier molecular flexibility index (Phi) is 2.94. The van der Waals surface area contributed by atoms with E-state index in [1.807, 2.05) is 6.92 Å². The Bertz CT molecular complexity index is 562. The third-order valence-electron chi connectivity index (χ3n) is 3.94. The molecule has 0 saturated carbocycles. The van der Waals surface area contributed by atoms with Gasteiger partial charge in [-0.2, -0.15) is 0 Å². The van der Waals surface area contributed by atoms with Crippen LogP contribution in [0.4, 0.5) is 0 Å². The summed E-state index contributed by atoms with van der Waals surface area (Å²) in [6.07, 6.45) is 1.79. The van der Waals surface area contributed by atoms with Crippen LogP contribution < -0.4 is 5.32 Å². The van der Waals surface area contributed by atoms with Gasteiger partial charge in [-0.25, -0.2) is 13.4 Å². The van der Waals surface area contributed by atoms with E-state index in [0.29, 0.717) is 11.5 Å². The number of aryl methyl sites for hydroxylation is 1. The van der Waals surface area contributed by atoms with Crippen molar-refractivity contribution in [3.63, 3.8) is 0 Å². The fourth-order valence-electron chi connectivity index (χ4n) is 3.02. The lowest BCUT2D eigenvalue weighted by Gasteiger charge is -2.18. The minimum absolute atomic E-state index is 0.266. The fourth-order valence-corrected chi connectivity index (χ4v) is 4.87. The van der Waals surface area contributed by atoms with Gasteiger partial charge in [0.15, 0.2) is 9.84 Å². The van der Waals surface area contributed by atoms with Crippen molar-refractivity contribution in [2.75, 3.05) is 18.1 Å². The summed E-state index contributed by atoms with van der Waals surface area (Å²) < 4.78 is 25.3. The lowest BCUT2D eigenvalue weighted by Crippen LogP contribution is -2.26. The Morgan fingerprint density at radius 2 is 2.33 bits per heavy atom. The van der Waals surface area contributed by atoms with Gasteiger partial charge in [-0.1, -0.05) is 0 Å². The minimum Gasteiger partial charge on any atom is -0.332 e. The molecule has 0 aromatic carbocycles. The smallest absolute Gasteiger partial charge is 0.150 e. The topological polar surface area (TPSA) is 64.0 Å². The molecule has 2 aliphatic rings. The molecule has 0 bridgehead atoms. The number of hydrogen-bond donors (Lipinski definition) is 1. The van der Waals surface area contributed by atoms with E-state index >= 15 is 0 Å². The van der Waals surface area contributed by atoms with E-state index in [1.54, 1.807) is 0 Å². The van der Waals surface area contributed by atoms with Crippen LogP contribution in [-0.2, 0) is 29.3 Å². The van der Waals surface area contributed by atoms with Crippen molar-refractivity contribution in [3.8, 4) is 0 Å². The second-order valence-electron chi connectivity index (χ2n) is 5.36. The lowest BCUT2D eigenvalue weighted by molar-refractivity contribution is 0.466. The monoisotopic (exact) mass is 269 g/mol. The first-order chi connectivity index (χ1) is 8.55. The van der Waals surface area contributed by atoms with Crippen molar-refractivity contribution >= 4 is 9.84 Å². The standard InChI is InChI=1S/C12H19N3O2S/c1-9-14-11-6-13-4-2-12(11)15(9)7-10-3-5-18(16,17)8-10/h10,13H,2-8H2,1H3. The highest BCUT2D eigenvalue weighted by atomic mass is 32.2. The van der Waals surface area contributed by atoms with Gasteiger partial charge >= 0.3 is 0 Å². The normalized spacial score (nSPS) is 26.2. The van der Waals surface area contributed by atoms with E-state index in [-0.39, 0.29) is 5.92 Å². The highest BCUT2D eigenvalue weighted by Crippen LogP contribution is 2.23. The zero-order chi connectivity index (χ0) is 12.8. The second kappa shape index (κ2) is 4.35. The number of rotatable bonds is 2. The molecule has 0 aliphatic carbocycles. The van der Waals surface area contributed by atoms with Crippen LogP contribution in [0.15, 0.2) is 0 Å². The summed E-state index contributed by atoms with van der Waals surface area (Å²) >= 11 is 0. The molecule has 1 unspecified atom stereocenters. The Balaban J connectivity index is 1.83. The van der Waals surface area contributed by atoms with Gasteiger partial charge in [0.1, 0.15) is 5.82 Å². The summed E-state index contributed by atoms with van der Waals surface area (Å²) in [4.78, 5) is 4.58. The highest BCUT2D eigenvalue weighted by Gasteiger charge is 2.29. The van der Waals surface area contributed by atoms with E-state index in [1.165, 1.54) is 5.69 Å². The van der Waals surface area contributed by atoms with E-state index in [2.05, 4.69) is 14.9 Å². The number of sulfone groups is 1. The molecular formula is C12H19N3O2S. The van der Waals surface area contributed by atoms with Crippen molar-refractivity contribution in [3.05, 3.63) is 17.2 Å². The molecule has 6 heteroatoms. The van der Waals surface area contributed by atoms with Crippen LogP contribution in [0.1, 0.15) is 23.6 Å². The van der Waals surface area contributed by atoms with Gasteiger partial charge in [0, 0.05) is 31.7 Å². The molecule has 1 fully saturated rings. The van der Waals surface area contributed by atoms with Crippen LogP contribution in [0.25, 0.3) is 0 Å². The summed E-state index contributed by atoms with van der Waals surface area (Å²) in [5.41, 5.74) is 2.44. The molecule has 0 radical (unpaired) electrons. The zero-order valence-electron chi connectivity index (χ0n) is 10.6. The maximum absolute atomic E-state index is 11.5. The van der Waals surface area contributed by atoms with E-state index in [9.17, 15) is 8.42 Å². The number of aromatic nitrogens is 2. The summed E-state index contributed by atoms with van der Waals surface area (Å²) in [6.45, 7) is 4.66. The Labute approximate surface area is 108 Å². The predicted molar refractivity (Wildman–Crippen MR) is 69.1 cm³/mol.